The third-order valence-electron chi connectivity index (χ3n) is 6.90. The van der Waals surface area contributed by atoms with E-state index in [0.717, 1.165) is 36.7 Å². The zero-order chi connectivity index (χ0) is 24.2. The van der Waals surface area contributed by atoms with Crippen LogP contribution >= 0.6 is 0 Å². The molecular weight excluding hydrogens is 446 g/mol. The van der Waals surface area contributed by atoms with Crippen LogP contribution in [0.1, 0.15) is 40.9 Å². The van der Waals surface area contributed by atoms with Gasteiger partial charge in [0.15, 0.2) is 0 Å². The number of benzene rings is 1. The van der Waals surface area contributed by atoms with Gasteiger partial charge in [-0.05, 0) is 37.0 Å². The van der Waals surface area contributed by atoms with Crippen molar-refractivity contribution in [3.05, 3.63) is 69.8 Å². The van der Waals surface area contributed by atoms with Gasteiger partial charge in [0.25, 0.3) is 5.56 Å². The summed E-state index contributed by atoms with van der Waals surface area (Å²) in [5, 5.41) is 1.13. The van der Waals surface area contributed by atoms with E-state index in [1.165, 1.54) is 18.7 Å². The van der Waals surface area contributed by atoms with E-state index in [9.17, 15) is 9.59 Å². The number of methoxy groups -OCH3 is 1. The maximum Gasteiger partial charge on any atom is 0.343 e. The lowest BCUT2D eigenvalue weighted by Gasteiger charge is -2.24. The molecule has 1 atom stereocenters. The molecule has 2 aliphatic rings. The van der Waals surface area contributed by atoms with Gasteiger partial charge in [0, 0.05) is 62.6 Å². The number of ether oxygens (including phenoxy) is 3. The molecule has 2 aliphatic heterocycles. The van der Waals surface area contributed by atoms with Crippen LogP contribution in [0.5, 0.6) is 5.75 Å². The normalized spacial score (nSPS) is 18.6. The van der Waals surface area contributed by atoms with Crippen molar-refractivity contribution in [1.82, 2.24) is 14.5 Å². The Hall–Kier alpha value is -3.23. The number of pyridine rings is 2. The third kappa shape index (κ3) is 5.09. The van der Waals surface area contributed by atoms with Gasteiger partial charge in [-0.3, -0.25) is 14.7 Å². The number of nitrogens with zero attached hydrogens (tertiary/aromatic N) is 3. The summed E-state index contributed by atoms with van der Waals surface area (Å²) in [5.41, 5.74) is 3.02. The van der Waals surface area contributed by atoms with Crippen LogP contribution in [0.4, 0.5) is 0 Å². The Labute approximate surface area is 204 Å². The number of carbonyl (C=O) groups is 1. The van der Waals surface area contributed by atoms with Crippen LogP contribution in [0.3, 0.4) is 0 Å². The van der Waals surface area contributed by atoms with Crippen molar-refractivity contribution < 1.29 is 19.0 Å². The van der Waals surface area contributed by atoms with E-state index in [4.69, 9.17) is 14.2 Å². The minimum Gasteiger partial charge on any atom is -0.490 e. The van der Waals surface area contributed by atoms with Gasteiger partial charge < -0.3 is 18.8 Å². The summed E-state index contributed by atoms with van der Waals surface area (Å²) < 4.78 is 18.5. The van der Waals surface area contributed by atoms with Crippen molar-refractivity contribution in [2.24, 2.45) is 0 Å². The lowest BCUT2D eigenvalue weighted by Crippen LogP contribution is -2.30. The van der Waals surface area contributed by atoms with Crippen molar-refractivity contribution in [1.29, 1.82) is 0 Å². The molecular formula is C27H31N3O5. The highest BCUT2D eigenvalue weighted by atomic mass is 16.5. The van der Waals surface area contributed by atoms with Crippen LogP contribution in [-0.2, 0) is 29.0 Å². The van der Waals surface area contributed by atoms with Crippen LogP contribution in [-0.4, -0.2) is 59.9 Å². The van der Waals surface area contributed by atoms with Crippen LogP contribution in [0.25, 0.3) is 10.9 Å². The van der Waals surface area contributed by atoms with Crippen LogP contribution < -0.4 is 10.3 Å². The van der Waals surface area contributed by atoms with Gasteiger partial charge >= 0.3 is 5.97 Å². The molecule has 1 fully saturated rings. The van der Waals surface area contributed by atoms with Gasteiger partial charge in [0.1, 0.15) is 17.9 Å². The standard InChI is InChI=1S/C27H31N3O5/c1-33-27(32)26-23-10-12-29(17-19-6-4-9-22-21(19)8-5-11-28-22)13-14-30(23)25(31)16-24(26)35-18-20-7-2-3-15-34-20/h4-6,8-9,11,16,20H,2-3,7,10,12-15,17-18H2,1H3/t20-/m1/s1. The molecule has 0 bridgehead atoms. The van der Waals surface area contributed by atoms with E-state index in [1.54, 1.807) is 10.8 Å². The van der Waals surface area contributed by atoms with Crippen molar-refractivity contribution in [3.8, 4) is 5.75 Å². The maximum absolute atomic E-state index is 13.1. The maximum atomic E-state index is 13.1. The molecule has 8 heteroatoms. The van der Waals surface area contributed by atoms with E-state index < -0.39 is 5.97 Å². The van der Waals surface area contributed by atoms with E-state index in [0.29, 0.717) is 50.5 Å². The number of carbonyl (C=O) groups excluding carboxylic acids is 1. The number of hydrogen-bond donors (Lipinski definition) is 0. The zero-order valence-corrected chi connectivity index (χ0v) is 20.1. The van der Waals surface area contributed by atoms with Gasteiger partial charge in [-0.25, -0.2) is 4.79 Å². The molecule has 0 N–H and O–H groups in total. The quantitative estimate of drug-likeness (QED) is 0.504. The summed E-state index contributed by atoms with van der Waals surface area (Å²) in [7, 11) is 1.36. The molecule has 3 aromatic rings. The molecule has 0 aliphatic carbocycles. The number of rotatable bonds is 6. The molecule has 4 heterocycles. The first-order chi connectivity index (χ1) is 17.1. The summed E-state index contributed by atoms with van der Waals surface area (Å²) in [4.78, 5) is 32.7. The summed E-state index contributed by atoms with van der Waals surface area (Å²) >= 11 is 0. The lowest BCUT2D eigenvalue weighted by atomic mass is 10.1. The average molecular weight is 478 g/mol. The molecule has 1 aromatic carbocycles. The molecule has 0 amide bonds. The molecule has 0 saturated carbocycles. The van der Waals surface area contributed by atoms with Gasteiger partial charge in [0.05, 0.1) is 18.7 Å². The summed E-state index contributed by atoms with van der Waals surface area (Å²) in [6, 6.07) is 11.6. The second-order valence-electron chi connectivity index (χ2n) is 9.12. The molecule has 35 heavy (non-hydrogen) atoms. The van der Waals surface area contributed by atoms with Crippen molar-refractivity contribution >= 4 is 16.9 Å². The molecule has 5 rings (SSSR count). The van der Waals surface area contributed by atoms with Gasteiger partial charge in [0.2, 0.25) is 0 Å². The Morgan fingerprint density at radius 1 is 1.17 bits per heavy atom. The molecule has 0 radical (unpaired) electrons. The van der Waals surface area contributed by atoms with Crippen molar-refractivity contribution in [3.63, 3.8) is 0 Å². The largest absolute Gasteiger partial charge is 0.490 e. The Balaban J connectivity index is 1.39. The SMILES string of the molecule is COC(=O)c1c(OC[C@H]2CCCCO2)cc(=O)n2c1CCN(Cc1cccc3ncccc13)CC2. The molecule has 1 saturated heterocycles. The number of esters is 1. The third-order valence-corrected chi connectivity index (χ3v) is 6.90. The first-order valence-electron chi connectivity index (χ1n) is 12.3. The van der Waals surface area contributed by atoms with Gasteiger partial charge in [-0.1, -0.05) is 18.2 Å². The number of aromatic nitrogens is 2. The van der Waals surface area contributed by atoms with Crippen molar-refractivity contribution in [2.75, 3.05) is 33.4 Å². The summed E-state index contributed by atoms with van der Waals surface area (Å²) in [6.07, 6.45) is 5.37. The van der Waals surface area contributed by atoms with Gasteiger partial charge in [-0.2, -0.15) is 0 Å². The van der Waals surface area contributed by atoms with Crippen LogP contribution in [0, 0.1) is 0 Å². The highest BCUT2D eigenvalue weighted by Crippen LogP contribution is 2.26. The fourth-order valence-corrected chi connectivity index (χ4v) is 5.05. The monoisotopic (exact) mass is 477 g/mol. The molecule has 184 valence electrons. The molecule has 0 spiro atoms. The Kier molecular flexibility index (Phi) is 7.11. The van der Waals surface area contributed by atoms with Crippen molar-refractivity contribution in [2.45, 2.75) is 44.9 Å². The average Bonchev–Trinajstić information content (AvgIpc) is 3.11. The first-order valence-corrected chi connectivity index (χ1v) is 12.3. The second kappa shape index (κ2) is 10.6. The van der Waals surface area contributed by atoms with Crippen LogP contribution in [0.15, 0.2) is 47.4 Å². The predicted octanol–water partition coefficient (Wildman–Crippen LogP) is 3.19. The Morgan fingerprint density at radius 3 is 2.91 bits per heavy atom. The van der Waals surface area contributed by atoms with E-state index >= 15 is 0 Å². The fraction of sp³-hybridized carbons (Fsp3) is 0.444. The van der Waals surface area contributed by atoms with E-state index in [-0.39, 0.29) is 17.4 Å². The van der Waals surface area contributed by atoms with Gasteiger partial charge in [-0.15, -0.1) is 0 Å². The molecule has 0 unspecified atom stereocenters. The smallest absolute Gasteiger partial charge is 0.343 e. The van der Waals surface area contributed by atoms with E-state index in [2.05, 4.69) is 22.0 Å². The lowest BCUT2D eigenvalue weighted by molar-refractivity contribution is -0.0114. The summed E-state index contributed by atoms with van der Waals surface area (Å²) in [6.45, 7) is 3.66. The summed E-state index contributed by atoms with van der Waals surface area (Å²) in [5.74, 6) is -0.197. The fourth-order valence-electron chi connectivity index (χ4n) is 5.05. The minimum absolute atomic E-state index is 0.0264. The van der Waals surface area contributed by atoms with E-state index in [1.807, 2.05) is 18.2 Å². The minimum atomic E-state index is -0.484. The molecule has 2 aromatic heterocycles. The Bertz CT molecular complexity index is 1260. The second-order valence-corrected chi connectivity index (χ2v) is 9.12. The first kappa shape index (κ1) is 23.5. The highest BCUT2D eigenvalue weighted by Gasteiger charge is 2.27. The topological polar surface area (TPSA) is 82.9 Å². The zero-order valence-electron chi connectivity index (χ0n) is 20.1. The number of hydrogen-bond acceptors (Lipinski definition) is 7. The van der Waals surface area contributed by atoms with Crippen LogP contribution in [0.2, 0.25) is 0 Å². The number of fused-ring (bicyclic) bond motifs is 2. The Morgan fingerprint density at radius 2 is 2.09 bits per heavy atom. The molecule has 8 nitrogen and oxygen atoms in total. The predicted molar refractivity (Wildman–Crippen MR) is 132 cm³/mol. The highest BCUT2D eigenvalue weighted by molar-refractivity contribution is 5.93.